The number of phenolic OH excluding ortho intramolecular Hbond substituents is 1. The van der Waals surface area contributed by atoms with Gasteiger partial charge in [0.25, 0.3) is 0 Å². The lowest BCUT2D eigenvalue weighted by Gasteiger charge is -2.32. The first kappa shape index (κ1) is 18.9. The zero-order valence-electron chi connectivity index (χ0n) is 15.0. The third-order valence-corrected chi connectivity index (χ3v) is 5.77. The summed E-state index contributed by atoms with van der Waals surface area (Å²) in [5, 5.41) is 12.7. The molecule has 1 fully saturated rings. The molecule has 1 saturated carbocycles. The van der Waals surface area contributed by atoms with E-state index in [2.05, 4.69) is 10.3 Å². The van der Waals surface area contributed by atoms with E-state index in [1.54, 1.807) is 12.1 Å². The standard InChI is InChI=1S/C20H25ClN2O3/c1-2-15-18(17(25)10-12-6-4-3-5-7-12)19(23-20(26)22-15)13-8-9-16(24)14(21)11-13/h8-9,11-12,18-19,24H,2-7,10H2,1H3,(H,23,26). The molecule has 0 saturated heterocycles. The molecule has 0 aromatic heterocycles. The molecule has 0 bridgehead atoms. The van der Waals surface area contributed by atoms with Crippen molar-refractivity contribution in [2.75, 3.05) is 0 Å². The van der Waals surface area contributed by atoms with Gasteiger partial charge in [0.05, 0.1) is 17.0 Å². The highest BCUT2D eigenvalue weighted by Gasteiger charge is 2.38. The van der Waals surface area contributed by atoms with Crippen LogP contribution in [0.1, 0.15) is 63.5 Å². The van der Waals surface area contributed by atoms with E-state index in [9.17, 15) is 14.7 Å². The fraction of sp³-hybridized carbons (Fsp3) is 0.550. The zero-order chi connectivity index (χ0) is 18.7. The van der Waals surface area contributed by atoms with E-state index < -0.39 is 18.0 Å². The Balaban J connectivity index is 1.89. The van der Waals surface area contributed by atoms with Crippen LogP contribution in [0.15, 0.2) is 23.2 Å². The Labute approximate surface area is 158 Å². The van der Waals surface area contributed by atoms with Gasteiger partial charge in [0.15, 0.2) is 0 Å². The first-order valence-corrected chi connectivity index (χ1v) is 9.76. The van der Waals surface area contributed by atoms with Gasteiger partial charge >= 0.3 is 6.03 Å². The minimum absolute atomic E-state index is 0.0213. The Hall–Kier alpha value is -1.88. The molecule has 26 heavy (non-hydrogen) atoms. The van der Waals surface area contributed by atoms with E-state index in [4.69, 9.17) is 11.6 Å². The van der Waals surface area contributed by atoms with Gasteiger partial charge in [-0.15, -0.1) is 0 Å². The van der Waals surface area contributed by atoms with Gasteiger partial charge in [0.1, 0.15) is 11.5 Å². The second-order valence-electron chi connectivity index (χ2n) is 7.25. The van der Waals surface area contributed by atoms with Crippen LogP contribution in [-0.2, 0) is 4.79 Å². The SMILES string of the molecule is CCC1=NC(=O)NC(c2ccc(O)c(Cl)c2)C1C(=O)CC1CCCCC1. The Morgan fingerprint density at radius 1 is 1.31 bits per heavy atom. The molecule has 1 aromatic rings. The minimum Gasteiger partial charge on any atom is -0.506 e. The summed E-state index contributed by atoms with van der Waals surface area (Å²) in [6.07, 6.45) is 6.90. The fourth-order valence-electron chi connectivity index (χ4n) is 4.11. The molecule has 5 nitrogen and oxygen atoms in total. The molecule has 6 heteroatoms. The molecule has 2 unspecified atom stereocenters. The number of ketones is 1. The van der Waals surface area contributed by atoms with Crippen molar-refractivity contribution >= 4 is 29.1 Å². The molecule has 1 heterocycles. The second kappa shape index (κ2) is 8.21. The van der Waals surface area contributed by atoms with Crippen LogP contribution in [0.25, 0.3) is 0 Å². The fourth-order valence-corrected chi connectivity index (χ4v) is 4.30. The predicted molar refractivity (Wildman–Crippen MR) is 102 cm³/mol. The van der Waals surface area contributed by atoms with Crippen LogP contribution in [0.2, 0.25) is 5.02 Å². The number of rotatable bonds is 5. The maximum absolute atomic E-state index is 13.2. The van der Waals surface area contributed by atoms with Gasteiger partial charge in [-0.1, -0.05) is 56.7 Å². The van der Waals surface area contributed by atoms with E-state index in [1.165, 1.54) is 25.3 Å². The summed E-state index contributed by atoms with van der Waals surface area (Å²) < 4.78 is 0. The number of aliphatic imine (C=N–C) groups is 1. The summed E-state index contributed by atoms with van der Waals surface area (Å²) >= 11 is 6.04. The maximum atomic E-state index is 13.2. The molecule has 1 aromatic carbocycles. The number of Topliss-reactive ketones (excluding diaryl/α,β-unsaturated/α-hetero) is 1. The summed E-state index contributed by atoms with van der Waals surface area (Å²) in [6, 6.07) is 3.87. The number of carbonyl (C=O) groups is 2. The number of benzene rings is 1. The number of aromatic hydroxyl groups is 1. The zero-order valence-corrected chi connectivity index (χ0v) is 15.8. The van der Waals surface area contributed by atoms with Gasteiger partial charge in [-0.05, 0) is 30.0 Å². The van der Waals surface area contributed by atoms with Crippen LogP contribution in [0.3, 0.4) is 0 Å². The van der Waals surface area contributed by atoms with E-state index >= 15 is 0 Å². The van der Waals surface area contributed by atoms with Gasteiger partial charge in [-0.2, -0.15) is 0 Å². The lowest BCUT2D eigenvalue weighted by Crippen LogP contribution is -2.44. The van der Waals surface area contributed by atoms with E-state index in [1.807, 2.05) is 6.92 Å². The smallest absolute Gasteiger partial charge is 0.341 e. The molecule has 2 aliphatic rings. The lowest BCUT2D eigenvalue weighted by molar-refractivity contribution is -0.122. The van der Waals surface area contributed by atoms with E-state index in [0.29, 0.717) is 30.0 Å². The molecular formula is C20H25ClN2O3. The molecule has 2 N–H and O–H groups in total. The number of nitrogens with zero attached hydrogens (tertiary/aromatic N) is 1. The minimum atomic E-state index is -0.496. The molecular weight excluding hydrogens is 352 g/mol. The number of halogens is 1. The predicted octanol–water partition coefficient (Wildman–Crippen LogP) is 4.82. The number of urea groups is 1. The molecule has 0 spiro atoms. The second-order valence-corrected chi connectivity index (χ2v) is 7.65. The highest BCUT2D eigenvalue weighted by Crippen LogP contribution is 2.35. The molecule has 1 aliphatic heterocycles. The molecule has 0 radical (unpaired) electrons. The monoisotopic (exact) mass is 376 g/mol. The van der Waals surface area contributed by atoms with Gasteiger partial charge in [0, 0.05) is 12.1 Å². The van der Waals surface area contributed by atoms with Gasteiger partial charge in [-0.25, -0.2) is 9.79 Å². The van der Waals surface area contributed by atoms with E-state index in [0.717, 1.165) is 12.8 Å². The highest BCUT2D eigenvalue weighted by atomic mass is 35.5. The third-order valence-electron chi connectivity index (χ3n) is 5.47. The van der Waals surface area contributed by atoms with Crippen molar-refractivity contribution in [3.63, 3.8) is 0 Å². The summed E-state index contributed by atoms with van der Waals surface area (Å²) in [6.45, 7) is 1.92. The van der Waals surface area contributed by atoms with Crippen LogP contribution in [-0.4, -0.2) is 22.6 Å². The van der Waals surface area contributed by atoms with Crippen molar-refractivity contribution in [2.45, 2.75) is 57.9 Å². The molecule has 1 aliphatic carbocycles. The summed E-state index contributed by atoms with van der Waals surface area (Å²) in [4.78, 5) is 29.3. The largest absolute Gasteiger partial charge is 0.506 e. The Bertz CT molecular complexity index is 726. The van der Waals surface area contributed by atoms with Crippen LogP contribution in [0.5, 0.6) is 5.75 Å². The van der Waals surface area contributed by atoms with Crippen molar-refractivity contribution in [1.82, 2.24) is 5.32 Å². The average Bonchev–Trinajstić information content (AvgIpc) is 2.63. The van der Waals surface area contributed by atoms with Crippen LogP contribution in [0, 0.1) is 11.8 Å². The molecule has 3 rings (SSSR count). The molecule has 2 amide bonds. The van der Waals surface area contributed by atoms with Crippen LogP contribution in [0.4, 0.5) is 4.79 Å². The number of phenols is 1. The normalized spacial score (nSPS) is 24.1. The third kappa shape index (κ3) is 4.09. The number of nitrogens with one attached hydrogen (secondary N) is 1. The van der Waals surface area contributed by atoms with Crippen molar-refractivity contribution in [3.05, 3.63) is 28.8 Å². The highest BCUT2D eigenvalue weighted by molar-refractivity contribution is 6.32. The Morgan fingerprint density at radius 2 is 2.04 bits per heavy atom. The number of hydrogen-bond acceptors (Lipinski definition) is 3. The number of carbonyl (C=O) groups excluding carboxylic acids is 2. The topological polar surface area (TPSA) is 78.8 Å². The Kier molecular flexibility index (Phi) is 5.97. The van der Waals surface area contributed by atoms with Crippen molar-refractivity contribution in [1.29, 1.82) is 0 Å². The van der Waals surface area contributed by atoms with Crippen molar-refractivity contribution < 1.29 is 14.7 Å². The van der Waals surface area contributed by atoms with Crippen molar-refractivity contribution in [3.8, 4) is 5.75 Å². The maximum Gasteiger partial charge on any atom is 0.341 e. The lowest BCUT2D eigenvalue weighted by atomic mass is 9.78. The summed E-state index contributed by atoms with van der Waals surface area (Å²) in [5.41, 5.74) is 1.34. The Morgan fingerprint density at radius 3 is 2.69 bits per heavy atom. The van der Waals surface area contributed by atoms with Gasteiger partial charge in [-0.3, -0.25) is 4.79 Å². The molecule has 2 atom stereocenters. The van der Waals surface area contributed by atoms with E-state index in [-0.39, 0.29) is 16.6 Å². The number of hydrogen-bond donors (Lipinski definition) is 2. The summed E-state index contributed by atoms with van der Waals surface area (Å²) in [5.74, 6) is 0.0648. The van der Waals surface area contributed by atoms with Gasteiger partial charge < -0.3 is 10.4 Å². The molecule has 140 valence electrons. The van der Waals surface area contributed by atoms with Gasteiger partial charge in [0.2, 0.25) is 0 Å². The number of amides is 2. The average molecular weight is 377 g/mol. The van der Waals surface area contributed by atoms with Crippen molar-refractivity contribution in [2.24, 2.45) is 16.8 Å². The first-order chi connectivity index (χ1) is 12.5. The first-order valence-electron chi connectivity index (χ1n) is 9.38. The van der Waals surface area contributed by atoms with Crippen LogP contribution < -0.4 is 5.32 Å². The van der Waals surface area contributed by atoms with Crippen LogP contribution >= 0.6 is 11.6 Å². The summed E-state index contributed by atoms with van der Waals surface area (Å²) in [7, 11) is 0. The quantitative estimate of drug-likeness (QED) is 0.773.